The van der Waals surface area contributed by atoms with Crippen molar-refractivity contribution in [2.24, 2.45) is 0 Å². The molecule has 2 heterocycles. The van der Waals surface area contributed by atoms with Crippen molar-refractivity contribution >= 4 is 5.91 Å². The Hall–Kier alpha value is -3.13. The van der Waals surface area contributed by atoms with Gasteiger partial charge in [0, 0.05) is 49.9 Å². The van der Waals surface area contributed by atoms with Crippen LogP contribution in [0.25, 0.3) is 0 Å². The van der Waals surface area contributed by atoms with E-state index in [1.807, 2.05) is 48.9 Å². The van der Waals surface area contributed by atoms with Crippen LogP contribution in [0, 0.1) is 24.4 Å². The number of carbonyl (C=O) groups is 1. The van der Waals surface area contributed by atoms with Crippen LogP contribution in [0.3, 0.4) is 0 Å². The maximum Gasteiger partial charge on any atom is 0.241 e. The smallest absolute Gasteiger partial charge is 0.241 e. The van der Waals surface area contributed by atoms with E-state index in [9.17, 15) is 18.0 Å². The molecule has 2 unspecified atom stereocenters. The molecule has 0 fully saturated rings. The van der Waals surface area contributed by atoms with Crippen molar-refractivity contribution in [1.29, 1.82) is 0 Å². The second-order valence-electron chi connectivity index (χ2n) is 8.59. The van der Waals surface area contributed by atoms with Crippen molar-refractivity contribution in [2.75, 3.05) is 13.6 Å². The van der Waals surface area contributed by atoms with E-state index in [0.29, 0.717) is 32.0 Å². The second-order valence-corrected chi connectivity index (χ2v) is 8.59. The van der Waals surface area contributed by atoms with Crippen molar-refractivity contribution in [1.82, 2.24) is 20.0 Å². The van der Waals surface area contributed by atoms with Gasteiger partial charge in [0.15, 0.2) is 11.6 Å². The van der Waals surface area contributed by atoms with Gasteiger partial charge in [-0.15, -0.1) is 0 Å². The normalized spacial score (nSPS) is 16.8. The number of halogens is 3. The van der Waals surface area contributed by atoms with Gasteiger partial charge in [-0.1, -0.05) is 30.3 Å². The molecule has 0 saturated carbocycles. The van der Waals surface area contributed by atoms with Crippen LogP contribution in [0.4, 0.5) is 13.2 Å². The number of aromatic nitrogens is 2. The number of amides is 1. The van der Waals surface area contributed by atoms with Crippen molar-refractivity contribution in [3.63, 3.8) is 0 Å². The van der Waals surface area contributed by atoms with E-state index >= 15 is 0 Å². The van der Waals surface area contributed by atoms with Gasteiger partial charge in [-0.05, 0) is 43.9 Å². The van der Waals surface area contributed by atoms with E-state index in [1.165, 1.54) is 0 Å². The average molecular weight is 471 g/mol. The highest BCUT2D eigenvalue weighted by atomic mass is 19.2. The predicted molar refractivity (Wildman–Crippen MR) is 124 cm³/mol. The van der Waals surface area contributed by atoms with Crippen LogP contribution in [0.1, 0.15) is 53.5 Å². The van der Waals surface area contributed by atoms with Gasteiger partial charge in [0.2, 0.25) is 5.91 Å². The van der Waals surface area contributed by atoms with Crippen molar-refractivity contribution < 1.29 is 18.0 Å². The Labute approximate surface area is 197 Å². The summed E-state index contributed by atoms with van der Waals surface area (Å²) in [5.41, 5.74) is 3.78. The molecule has 1 N–H and O–H groups in total. The van der Waals surface area contributed by atoms with Crippen LogP contribution in [-0.4, -0.2) is 34.2 Å². The predicted octanol–water partition coefficient (Wildman–Crippen LogP) is 4.65. The molecule has 0 saturated heterocycles. The number of aryl methyl sites for hydroxylation is 3. The number of hydrogen-bond acceptors (Lipinski definition) is 3. The number of fused-ring (bicyclic) bond motifs is 1. The molecule has 0 spiro atoms. The summed E-state index contributed by atoms with van der Waals surface area (Å²) in [6.45, 7) is 5.26. The maximum atomic E-state index is 14.4. The molecule has 5 nitrogen and oxygen atoms in total. The molecular weight excluding hydrogens is 441 g/mol. The van der Waals surface area contributed by atoms with Gasteiger partial charge >= 0.3 is 0 Å². The molecule has 4 rings (SSSR count). The van der Waals surface area contributed by atoms with Gasteiger partial charge in [0.05, 0.1) is 5.69 Å². The van der Waals surface area contributed by atoms with E-state index in [-0.39, 0.29) is 23.9 Å². The summed E-state index contributed by atoms with van der Waals surface area (Å²) in [7, 11) is 1.61. The molecule has 1 aliphatic rings. The van der Waals surface area contributed by atoms with Gasteiger partial charge < -0.3 is 5.32 Å². The lowest BCUT2D eigenvalue weighted by Crippen LogP contribution is -2.45. The van der Waals surface area contributed by atoms with Crippen LogP contribution in [0.5, 0.6) is 0 Å². The highest BCUT2D eigenvalue weighted by molar-refractivity contribution is 5.83. The zero-order valence-corrected chi connectivity index (χ0v) is 19.6. The third-order valence-electron chi connectivity index (χ3n) is 6.62. The topological polar surface area (TPSA) is 50.2 Å². The first-order valence-corrected chi connectivity index (χ1v) is 11.6. The minimum Gasteiger partial charge on any atom is -0.358 e. The SMILES string of the molecule is CCn1nc(C)c2c1CCN(C(C(=O)NC)c1ccccc1)C2CCc1cc(F)cc(F)c1F. The summed E-state index contributed by atoms with van der Waals surface area (Å²) in [4.78, 5) is 15.2. The van der Waals surface area contributed by atoms with Gasteiger partial charge in [-0.25, -0.2) is 13.2 Å². The Bertz CT molecular complexity index is 1180. The van der Waals surface area contributed by atoms with Gasteiger partial charge in [-0.2, -0.15) is 5.10 Å². The molecular formula is C26H29F3N4O. The highest BCUT2D eigenvalue weighted by Gasteiger charge is 2.39. The maximum absolute atomic E-state index is 14.4. The quantitative estimate of drug-likeness (QED) is 0.512. The van der Waals surface area contributed by atoms with Crippen LogP contribution in [0.2, 0.25) is 0 Å². The molecule has 2 atom stereocenters. The fourth-order valence-electron chi connectivity index (χ4n) is 5.13. The van der Waals surface area contributed by atoms with Crippen molar-refractivity contribution in [3.8, 4) is 0 Å². The van der Waals surface area contributed by atoms with E-state index < -0.39 is 23.5 Å². The van der Waals surface area contributed by atoms with E-state index in [2.05, 4.69) is 15.3 Å². The summed E-state index contributed by atoms with van der Waals surface area (Å²) in [5.74, 6) is -3.18. The summed E-state index contributed by atoms with van der Waals surface area (Å²) >= 11 is 0. The minimum atomic E-state index is -1.20. The van der Waals surface area contributed by atoms with Crippen LogP contribution in [0.15, 0.2) is 42.5 Å². The Morgan fingerprint density at radius 2 is 1.94 bits per heavy atom. The number of likely N-dealkylation sites (N-methyl/N-ethyl adjacent to an activating group) is 1. The average Bonchev–Trinajstić information content (AvgIpc) is 3.17. The molecule has 1 aliphatic heterocycles. The molecule has 180 valence electrons. The summed E-state index contributed by atoms with van der Waals surface area (Å²) in [6.07, 6.45) is 1.21. The number of rotatable bonds is 7. The second kappa shape index (κ2) is 10.0. The zero-order chi connectivity index (χ0) is 24.4. The Balaban J connectivity index is 1.77. The molecule has 8 heteroatoms. The molecule has 2 aromatic carbocycles. The number of hydrogen-bond donors (Lipinski definition) is 1. The van der Waals surface area contributed by atoms with Gasteiger partial charge in [-0.3, -0.25) is 14.4 Å². The number of nitrogens with zero attached hydrogens (tertiary/aromatic N) is 3. The summed E-state index contributed by atoms with van der Waals surface area (Å²) < 4.78 is 44.1. The fraction of sp³-hybridized carbons (Fsp3) is 0.385. The largest absolute Gasteiger partial charge is 0.358 e. The zero-order valence-electron chi connectivity index (χ0n) is 19.6. The highest BCUT2D eigenvalue weighted by Crippen LogP contribution is 2.41. The lowest BCUT2D eigenvalue weighted by atomic mass is 9.88. The van der Waals surface area contributed by atoms with Gasteiger partial charge in [0.1, 0.15) is 11.9 Å². The molecule has 1 amide bonds. The molecule has 1 aromatic heterocycles. The first-order valence-electron chi connectivity index (χ1n) is 11.6. The number of carbonyl (C=O) groups excluding carboxylic acids is 1. The molecule has 34 heavy (non-hydrogen) atoms. The first kappa shape index (κ1) is 24.0. The number of nitrogens with one attached hydrogen (secondary N) is 1. The molecule has 0 aliphatic carbocycles. The van der Waals surface area contributed by atoms with Gasteiger partial charge in [0.25, 0.3) is 0 Å². The van der Waals surface area contributed by atoms with Crippen LogP contribution in [-0.2, 0) is 24.2 Å². The standard InChI is InChI=1S/C26H29F3N4O/c1-4-33-22-12-13-32(25(26(34)30-3)17-8-6-5-7-9-17)21(23(22)16(2)31-33)11-10-18-14-19(27)15-20(28)24(18)29/h5-9,14-15,21,25H,4,10-13H2,1-3H3,(H,30,34). The Kier molecular flexibility index (Phi) is 7.07. The summed E-state index contributed by atoms with van der Waals surface area (Å²) in [6, 6.07) is 10.3. The Morgan fingerprint density at radius 1 is 1.21 bits per heavy atom. The third kappa shape index (κ3) is 4.46. The lowest BCUT2D eigenvalue weighted by Gasteiger charge is -2.41. The fourth-order valence-corrected chi connectivity index (χ4v) is 5.13. The van der Waals surface area contributed by atoms with E-state index in [1.54, 1.807) is 7.05 Å². The van der Waals surface area contributed by atoms with E-state index in [0.717, 1.165) is 28.6 Å². The van der Waals surface area contributed by atoms with Crippen molar-refractivity contribution in [3.05, 3.63) is 88.0 Å². The molecule has 0 bridgehead atoms. The molecule has 0 radical (unpaired) electrons. The molecule has 3 aromatic rings. The Morgan fingerprint density at radius 3 is 2.62 bits per heavy atom. The van der Waals surface area contributed by atoms with Crippen LogP contribution >= 0.6 is 0 Å². The summed E-state index contributed by atoms with van der Waals surface area (Å²) in [5, 5.41) is 7.46. The minimum absolute atomic E-state index is 0.0127. The number of benzene rings is 2. The lowest BCUT2D eigenvalue weighted by molar-refractivity contribution is -0.127. The van der Waals surface area contributed by atoms with E-state index in [4.69, 9.17) is 0 Å². The van der Waals surface area contributed by atoms with Crippen LogP contribution < -0.4 is 5.32 Å². The first-order chi connectivity index (χ1) is 16.3. The van der Waals surface area contributed by atoms with Crippen molar-refractivity contribution in [2.45, 2.75) is 51.7 Å². The third-order valence-corrected chi connectivity index (χ3v) is 6.62. The monoisotopic (exact) mass is 470 g/mol.